The van der Waals surface area contributed by atoms with Gasteiger partial charge in [-0.25, -0.2) is 0 Å². The predicted molar refractivity (Wildman–Crippen MR) is 77.3 cm³/mol. The van der Waals surface area contributed by atoms with E-state index in [9.17, 15) is 9.59 Å². The van der Waals surface area contributed by atoms with Crippen molar-refractivity contribution in [2.45, 2.75) is 70.8 Å². The highest BCUT2D eigenvalue weighted by molar-refractivity contribution is 5.81. The molecule has 2 aliphatic rings. The van der Waals surface area contributed by atoms with Crippen LogP contribution in [0.15, 0.2) is 0 Å². The van der Waals surface area contributed by atoms with Gasteiger partial charge in [-0.2, -0.15) is 0 Å². The smallest absolute Gasteiger partial charge is 0.306 e. The van der Waals surface area contributed by atoms with Gasteiger partial charge in [0.05, 0.1) is 5.92 Å². The molecule has 0 unspecified atom stereocenters. The van der Waals surface area contributed by atoms with Crippen LogP contribution in [0.5, 0.6) is 0 Å². The first-order chi connectivity index (χ1) is 9.60. The van der Waals surface area contributed by atoms with Gasteiger partial charge in [0.15, 0.2) is 0 Å². The van der Waals surface area contributed by atoms with Crippen LogP contribution >= 0.6 is 0 Å². The fourth-order valence-electron chi connectivity index (χ4n) is 3.77. The topological polar surface area (TPSA) is 66.4 Å². The van der Waals surface area contributed by atoms with E-state index in [1.165, 1.54) is 25.7 Å². The Kier molecular flexibility index (Phi) is 5.44. The molecule has 0 spiro atoms. The number of hydrogen-bond acceptors (Lipinski definition) is 2. The minimum absolute atomic E-state index is 0.0792. The van der Waals surface area contributed by atoms with Crippen LogP contribution in [0, 0.1) is 17.8 Å². The third kappa shape index (κ3) is 3.97. The number of nitrogens with one attached hydrogen (secondary N) is 1. The zero-order valence-corrected chi connectivity index (χ0v) is 12.4. The van der Waals surface area contributed by atoms with E-state index in [-0.39, 0.29) is 17.7 Å². The van der Waals surface area contributed by atoms with Crippen molar-refractivity contribution in [3.8, 4) is 0 Å². The van der Waals surface area contributed by atoms with Crippen molar-refractivity contribution in [3.63, 3.8) is 0 Å². The van der Waals surface area contributed by atoms with Crippen LogP contribution < -0.4 is 5.32 Å². The first-order valence-corrected chi connectivity index (χ1v) is 8.13. The molecule has 2 atom stereocenters. The average Bonchev–Trinajstić information content (AvgIpc) is 2.91. The highest BCUT2D eigenvalue weighted by Crippen LogP contribution is 2.32. The van der Waals surface area contributed by atoms with Crippen LogP contribution in [0.3, 0.4) is 0 Å². The molecule has 2 N–H and O–H groups in total. The van der Waals surface area contributed by atoms with E-state index in [1.807, 2.05) is 0 Å². The zero-order chi connectivity index (χ0) is 14.5. The van der Waals surface area contributed by atoms with Gasteiger partial charge in [0.1, 0.15) is 0 Å². The Labute approximate surface area is 121 Å². The molecule has 2 fully saturated rings. The van der Waals surface area contributed by atoms with Crippen LogP contribution in [0.2, 0.25) is 0 Å². The molecule has 0 radical (unpaired) electrons. The fourth-order valence-corrected chi connectivity index (χ4v) is 3.77. The molecule has 114 valence electrons. The number of amides is 1. The van der Waals surface area contributed by atoms with E-state index in [0.717, 1.165) is 25.2 Å². The van der Waals surface area contributed by atoms with Gasteiger partial charge in [-0.15, -0.1) is 0 Å². The summed E-state index contributed by atoms with van der Waals surface area (Å²) < 4.78 is 0. The van der Waals surface area contributed by atoms with E-state index in [4.69, 9.17) is 5.11 Å². The Hall–Kier alpha value is -1.06. The molecule has 2 rings (SSSR count). The first kappa shape index (κ1) is 15.3. The molecule has 0 saturated heterocycles. The van der Waals surface area contributed by atoms with Crippen LogP contribution in [-0.4, -0.2) is 23.0 Å². The molecule has 0 aromatic rings. The van der Waals surface area contributed by atoms with Crippen LogP contribution in [0.25, 0.3) is 0 Å². The van der Waals surface area contributed by atoms with Gasteiger partial charge >= 0.3 is 5.97 Å². The fraction of sp³-hybridized carbons (Fsp3) is 0.875. The molecular weight excluding hydrogens is 254 g/mol. The van der Waals surface area contributed by atoms with Crippen molar-refractivity contribution >= 4 is 11.9 Å². The van der Waals surface area contributed by atoms with Gasteiger partial charge in [-0.05, 0) is 50.9 Å². The Morgan fingerprint density at radius 2 is 1.70 bits per heavy atom. The number of aliphatic carboxylic acids is 1. The number of rotatable bonds is 5. The van der Waals surface area contributed by atoms with Crippen LogP contribution in [-0.2, 0) is 9.59 Å². The quantitative estimate of drug-likeness (QED) is 0.814. The van der Waals surface area contributed by atoms with E-state index in [1.54, 1.807) is 0 Å². The second-order valence-corrected chi connectivity index (χ2v) is 6.56. The standard InChI is InChI=1S/C16H27NO3/c1-2-3-11-4-8-14(9-5-11)17-15(18)12-6-7-13(10-12)16(19)20/h11-14H,2-10H2,1H3,(H,17,18)(H,19,20)/t11?,12-,13+,14?/m1/s1. The van der Waals surface area contributed by atoms with Crippen molar-refractivity contribution in [3.05, 3.63) is 0 Å². The zero-order valence-electron chi connectivity index (χ0n) is 12.4. The lowest BCUT2D eigenvalue weighted by atomic mass is 9.83. The summed E-state index contributed by atoms with van der Waals surface area (Å²) in [7, 11) is 0. The Bertz CT molecular complexity index is 348. The number of carboxylic acid groups (broad SMARTS) is 1. The molecule has 4 nitrogen and oxygen atoms in total. The summed E-state index contributed by atoms with van der Waals surface area (Å²) in [5.74, 6) is -0.209. The van der Waals surface area contributed by atoms with Gasteiger partial charge in [-0.1, -0.05) is 19.8 Å². The third-order valence-electron chi connectivity index (χ3n) is 5.04. The number of carboxylic acids is 1. The summed E-state index contributed by atoms with van der Waals surface area (Å²) in [6, 6.07) is 0.319. The molecule has 0 aliphatic heterocycles. The lowest BCUT2D eigenvalue weighted by molar-refractivity contribution is -0.141. The minimum atomic E-state index is -0.750. The molecule has 0 aromatic heterocycles. The Morgan fingerprint density at radius 3 is 2.25 bits per heavy atom. The summed E-state index contributed by atoms with van der Waals surface area (Å²) in [5, 5.41) is 12.1. The second-order valence-electron chi connectivity index (χ2n) is 6.56. The van der Waals surface area contributed by atoms with E-state index < -0.39 is 5.97 Å². The minimum Gasteiger partial charge on any atom is -0.481 e. The maximum Gasteiger partial charge on any atom is 0.306 e. The van der Waals surface area contributed by atoms with Crippen LogP contribution in [0.1, 0.15) is 64.7 Å². The van der Waals surface area contributed by atoms with Crippen molar-refractivity contribution in [2.24, 2.45) is 17.8 Å². The molecule has 4 heteroatoms. The normalized spacial score (nSPS) is 33.9. The molecule has 0 heterocycles. The number of carbonyl (C=O) groups is 2. The molecular formula is C16H27NO3. The molecule has 20 heavy (non-hydrogen) atoms. The van der Waals surface area contributed by atoms with Crippen molar-refractivity contribution in [1.29, 1.82) is 0 Å². The summed E-state index contributed by atoms with van der Waals surface area (Å²) >= 11 is 0. The van der Waals surface area contributed by atoms with Crippen LogP contribution in [0.4, 0.5) is 0 Å². The summed E-state index contributed by atoms with van der Waals surface area (Å²) in [6.07, 6.45) is 9.08. The average molecular weight is 281 g/mol. The summed E-state index contributed by atoms with van der Waals surface area (Å²) in [5.41, 5.74) is 0. The molecule has 2 saturated carbocycles. The molecule has 2 aliphatic carbocycles. The lowest BCUT2D eigenvalue weighted by Gasteiger charge is -2.29. The highest BCUT2D eigenvalue weighted by atomic mass is 16.4. The third-order valence-corrected chi connectivity index (χ3v) is 5.04. The van der Waals surface area contributed by atoms with Gasteiger partial charge < -0.3 is 10.4 Å². The first-order valence-electron chi connectivity index (χ1n) is 8.13. The predicted octanol–water partition coefficient (Wildman–Crippen LogP) is 2.96. The van der Waals surface area contributed by atoms with Crippen molar-refractivity contribution in [2.75, 3.05) is 0 Å². The molecule has 0 aromatic carbocycles. The number of hydrogen-bond donors (Lipinski definition) is 2. The maximum absolute atomic E-state index is 12.2. The highest BCUT2D eigenvalue weighted by Gasteiger charge is 2.34. The largest absolute Gasteiger partial charge is 0.481 e. The maximum atomic E-state index is 12.2. The van der Waals surface area contributed by atoms with Gasteiger partial charge in [0, 0.05) is 12.0 Å². The van der Waals surface area contributed by atoms with E-state index in [0.29, 0.717) is 18.9 Å². The summed E-state index contributed by atoms with van der Waals surface area (Å²) in [4.78, 5) is 23.1. The monoisotopic (exact) mass is 281 g/mol. The van der Waals surface area contributed by atoms with Gasteiger partial charge in [0.25, 0.3) is 0 Å². The van der Waals surface area contributed by atoms with E-state index in [2.05, 4.69) is 12.2 Å². The molecule has 1 amide bonds. The van der Waals surface area contributed by atoms with Crippen molar-refractivity contribution < 1.29 is 14.7 Å². The Balaban J connectivity index is 1.72. The van der Waals surface area contributed by atoms with Crippen molar-refractivity contribution in [1.82, 2.24) is 5.32 Å². The van der Waals surface area contributed by atoms with Gasteiger partial charge in [-0.3, -0.25) is 9.59 Å². The van der Waals surface area contributed by atoms with E-state index >= 15 is 0 Å². The SMILES string of the molecule is CCCC1CCC(NC(=O)[C@@H]2CC[C@H](C(=O)O)C2)CC1. The Morgan fingerprint density at radius 1 is 1.05 bits per heavy atom. The summed E-state index contributed by atoms with van der Waals surface area (Å²) in [6.45, 7) is 2.23. The second kappa shape index (κ2) is 7.09. The lowest BCUT2D eigenvalue weighted by Crippen LogP contribution is -2.40. The van der Waals surface area contributed by atoms with Gasteiger partial charge in [0.2, 0.25) is 5.91 Å². The molecule has 0 bridgehead atoms. The number of carbonyl (C=O) groups excluding carboxylic acids is 1.